The summed E-state index contributed by atoms with van der Waals surface area (Å²) in [6.07, 6.45) is 11.0. The molecule has 2 heterocycles. The summed E-state index contributed by atoms with van der Waals surface area (Å²) in [6.45, 7) is 0.713. The third kappa shape index (κ3) is 3.28. The third-order valence-corrected chi connectivity index (χ3v) is 4.40. The van der Waals surface area contributed by atoms with E-state index in [9.17, 15) is 4.79 Å². The van der Waals surface area contributed by atoms with Crippen LogP contribution in [0.15, 0.2) is 30.7 Å². The number of nitrogens with one attached hydrogen (secondary N) is 2. The van der Waals surface area contributed by atoms with Crippen LogP contribution in [0.2, 0.25) is 0 Å². The number of ether oxygens (including phenoxy) is 1. The predicted octanol–water partition coefficient (Wildman–Crippen LogP) is 2.67. The Morgan fingerprint density at radius 1 is 1.35 bits per heavy atom. The number of benzene rings is 1. The lowest BCUT2D eigenvalue weighted by molar-refractivity contribution is 0.0949. The lowest BCUT2D eigenvalue weighted by Crippen LogP contribution is -2.26. The first-order chi connectivity index (χ1) is 12.8. The van der Waals surface area contributed by atoms with E-state index >= 15 is 0 Å². The van der Waals surface area contributed by atoms with Crippen LogP contribution in [0.1, 0.15) is 34.6 Å². The lowest BCUT2D eigenvalue weighted by Gasteiger charge is -2.10. The maximum absolute atomic E-state index is 12.6. The molecule has 2 N–H and O–H groups in total. The number of H-pyrrole nitrogens is 1. The zero-order valence-corrected chi connectivity index (χ0v) is 14.4. The van der Waals surface area contributed by atoms with Crippen molar-refractivity contribution in [1.29, 1.82) is 0 Å². The molecule has 1 aliphatic carbocycles. The van der Waals surface area contributed by atoms with Gasteiger partial charge in [-0.3, -0.25) is 19.9 Å². The molecule has 0 radical (unpaired) electrons. The number of carbonyl (C=O) groups is 1. The van der Waals surface area contributed by atoms with Crippen molar-refractivity contribution in [3.63, 3.8) is 0 Å². The Morgan fingerprint density at radius 3 is 2.96 bits per heavy atom. The van der Waals surface area contributed by atoms with Crippen molar-refractivity contribution in [2.45, 2.75) is 12.8 Å². The molecule has 0 spiro atoms. The Bertz CT molecular complexity index is 961. The first kappa shape index (κ1) is 16.3. The van der Waals surface area contributed by atoms with E-state index in [0.717, 1.165) is 22.3 Å². The molecule has 1 aromatic carbocycles. The van der Waals surface area contributed by atoms with Crippen LogP contribution in [-0.2, 0) is 0 Å². The van der Waals surface area contributed by atoms with Crippen LogP contribution in [0, 0.1) is 5.92 Å². The van der Waals surface area contributed by atoms with Crippen molar-refractivity contribution in [2.24, 2.45) is 5.92 Å². The Labute approximate surface area is 150 Å². The fourth-order valence-corrected chi connectivity index (χ4v) is 2.83. The molecule has 132 valence electrons. The van der Waals surface area contributed by atoms with E-state index < -0.39 is 0 Å². The number of carbonyl (C=O) groups excluding carboxylic acids is 1. The summed E-state index contributed by atoms with van der Waals surface area (Å²) in [5, 5.41) is 11.0. The van der Waals surface area contributed by atoms with E-state index in [1.54, 1.807) is 31.8 Å². The van der Waals surface area contributed by atoms with Crippen molar-refractivity contribution >= 4 is 29.0 Å². The van der Waals surface area contributed by atoms with Crippen LogP contribution < -0.4 is 10.1 Å². The Kier molecular flexibility index (Phi) is 4.35. The van der Waals surface area contributed by atoms with E-state index in [-0.39, 0.29) is 5.91 Å². The maximum Gasteiger partial charge on any atom is 0.255 e. The van der Waals surface area contributed by atoms with Gasteiger partial charge in [-0.15, -0.1) is 0 Å². The molecule has 0 atom stereocenters. The average Bonchev–Trinajstić information content (AvgIpc) is 3.42. The zero-order chi connectivity index (χ0) is 17.9. The molecule has 1 amide bonds. The van der Waals surface area contributed by atoms with Gasteiger partial charge in [0.05, 0.1) is 41.2 Å². The van der Waals surface area contributed by atoms with Gasteiger partial charge in [-0.25, -0.2) is 0 Å². The van der Waals surface area contributed by atoms with E-state index in [2.05, 4.69) is 25.5 Å². The highest BCUT2D eigenvalue weighted by atomic mass is 16.5. The lowest BCUT2D eigenvalue weighted by atomic mass is 10.1. The van der Waals surface area contributed by atoms with Gasteiger partial charge in [0.2, 0.25) is 0 Å². The molecule has 7 nitrogen and oxygen atoms in total. The van der Waals surface area contributed by atoms with E-state index in [1.165, 1.54) is 12.8 Å². The highest BCUT2D eigenvalue weighted by Gasteiger charge is 2.24. The van der Waals surface area contributed by atoms with E-state index in [0.29, 0.717) is 23.8 Å². The molecule has 7 heteroatoms. The fraction of sp³-hybridized carbons (Fsp3) is 0.263. The molecule has 4 rings (SSSR count). The standard InChI is InChI=1S/C19H19N5O2/c1-26-18-14(19(25)22-10-12-2-3-12)5-7-16-17(18)15(23-24-16)6-4-13-11-20-8-9-21-13/h4-9,11-12H,2-3,10H2,1H3,(H,22,25)(H,23,24)/b6-4+. The number of amides is 1. The van der Waals surface area contributed by atoms with Gasteiger partial charge in [0.15, 0.2) is 0 Å². The monoisotopic (exact) mass is 349 g/mol. The summed E-state index contributed by atoms with van der Waals surface area (Å²) >= 11 is 0. The van der Waals surface area contributed by atoms with Crippen molar-refractivity contribution < 1.29 is 9.53 Å². The highest BCUT2D eigenvalue weighted by molar-refractivity contribution is 6.05. The van der Waals surface area contributed by atoms with Gasteiger partial charge in [-0.2, -0.15) is 5.10 Å². The number of hydrogen-bond acceptors (Lipinski definition) is 5. The average molecular weight is 349 g/mol. The second kappa shape index (κ2) is 6.95. The van der Waals surface area contributed by atoms with Crippen LogP contribution in [0.4, 0.5) is 0 Å². The molecule has 1 aliphatic rings. The molecule has 2 aromatic heterocycles. The van der Waals surface area contributed by atoms with Crippen molar-refractivity contribution in [2.75, 3.05) is 13.7 Å². The zero-order valence-electron chi connectivity index (χ0n) is 14.4. The molecular weight excluding hydrogens is 330 g/mol. The third-order valence-electron chi connectivity index (χ3n) is 4.40. The van der Waals surface area contributed by atoms with Crippen LogP contribution >= 0.6 is 0 Å². The SMILES string of the molecule is COc1c(C(=O)NCC2CC2)ccc2n[nH]c(/C=C/c3cnccn3)c12. The number of aromatic amines is 1. The topological polar surface area (TPSA) is 92.8 Å². The van der Waals surface area contributed by atoms with Gasteiger partial charge in [-0.05, 0) is 43.0 Å². The van der Waals surface area contributed by atoms with Gasteiger partial charge in [0, 0.05) is 18.9 Å². The predicted molar refractivity (Wildman–Crippen MR) is 98.7 cm³/mol. The second-order valence-corrected chi connectivity index (χ2v) is 6.29. The fourth-order valence-electron chi connectivity index (χ4n) is 2.83. The first-order valence-electron chi connectivity index (χ1n) is 8.53. The van der Waals surface area contributed by atoms with Crippen molar-refractivity contribution in [3.8, 4) is 5.75 Å². The molecule has 0 unspecified atom stereocenters. The minimum absolute atomic E-state index is 0.124. The highest BCUT2D eigenvalue weighted by Crippen LogP contribution is 2.33. The van der Waals surface area contributed by atoms with Crippen LogP contribution in [-0.4, -0.2) is 39.7 Å². The number of hydrogen-bond donors (Lipinski definition) is 2. The van der Waals surface area contributed by atoms with E-state index in [4.69, 9.17) is 4.74 Å². The van der Waals surface area contributed by atoms with Crippen molar-refractivity contribution in [1.82, 2.24) is 25.5 Å². The summed E-state index contributed by atoms with van der Waals surface area (Å²) in [5.74, 6) is 1.01. The summed E-state index contributed by atoms with van der Waals surface area (Å²) < 4.78 is 5.57. The maximum atomic E-state index is 12.6. The molecule has 3 aromatic rings. The molecule has 0 aliphatic heterocycles. The Hall–Kier alpha value is -3.22. The largest absolute Gasteiger partial charge is 0.495 e. The second-order valence-electron chi connectivity index (χ2n) is 6.29. The van der Waals surface area contributed by atoms with Gasteiger partial charge in [0.1, 0.15) is 5.75 Å². The smallest absolute Gasteiger partial charge is 0.255 e. The van der Waals surface area contributed by atoms with E-state index in [1.807, 2.05) is 18.2 Å². The molecule has 26 heavy (non-hydrogen) atoms. The number of aromatic nitrogens is 4. The molecule has 1 fully saturated rings. The Morgan fingerprint density at radius 2 is 2.23 bits per heavy atom. The summed E-state index contributed by atoms with van der Waals surface area (Å²) in [7, 11) is 1.57. The molecular formula is C19H19N5O2. The summed E-state index contributed by atoms with van der Waals surface area (Å²) in [5.41, 5.74) is 2.72. The quantitative estimate of drug-likeness (QED) is 0.714. The number of methoxy groups -OCH3 is 1. The number of rotatable bonds is 6. The molecule has 1 saturated carbocycles. The van der Waals surface area contributed by atoms with Gasteiger partial charge in [0.25, 0.3) is 5.91 Å². The Balaban J connectivity index is 1.69. The number of nitrogens with zero attached hydrogens (tertiary/aromatic N) is 3. The minimum Gasteiger partial charge on any atom is -0.495 e. The number of fused-ring (bicyclic) bond motifs is 1. The van der Waals surface area contributed by atoms with Gasteiger partial charge < -0.3 is 10.1 Å². The van der Waals surface area contributed by atoms with Crippen LogP contribution in [0.25, 0.3) is 23.1 Å². The summed E-state index contributed by atoms with van der Waals surface area (Å²) in [4.78, 5) is 20.8. The van der Waals surface area contributed by atoms with Gasteiger partial charge >= 0.3 is 0 Å². The minimum atomic E-state index is -0.124. The molecule has 0 bridgehead atoms. The van der Waals surface area contributed by atoms with Crippen LogP contribution in [0.5, 0.6) is 5.75 Å². The van der Waals surface area contributed by atoms with Crippen LogP contribution in [0.3, 0.4) is 0 Å². The summed E-state index contributed by atoms with van der Waals surface area (Å²) in [6, 6.07) is 3.57. The van der Waals surface area contributed by atoms with Crippen molar-refractivity contribution in [3.05, 3.63) is 47.7 Å². The van der Waals surface area contributed by atoms with Gasteiger partial charge in [-0.1, -0.05) is 0 Å². The first-order valence-corrected chi connectivity index (χ1v) is 8.53. The molecule has 0 saturated heterocycles. The normalized spacial score (nSPS) is 14.0.